The van der Waals surface area contributed by atoms with Gasteiger partial charge in [-0.1, -0.05) is 53.5 Å². The number of rotatable bonds is 3. The number of carboxylic acid groups (broad SMARTS) is 1. The van der Waals surface area contributed by atoms with E-state index in [9.17, 15) is 9.90 Å². The van der Waals surface area contributed by atoms with Crippen molar-refractivity contribution in [2.24, 2.45) is 0 Å². The van der Waals surface area contributed by atoms with E-state index in [2.05, 4.69) is 17.0 Å². The lowest BCUT2D eigenvalue weighted by atomic mass is 10.0. The van der Waals surface area contributed by atoms with Crippen molar-refractivity contribution >= 4 is 41.6 Å². The van der Waals surface area contributed by atoms with Crippen LogP contribution in [0.3, 0.4) is 0 Å². The number of hydrogen-bond donors (Lipinski definition) is 1. The van der Waals surface area contributed by atoms with Crippen molar-refractivity contribution in [3.05, 3.63) is 68.7 Å². The number of benzene rings is 2. The van der Waals surface area contributed by atoms with Crippen LogP contribution in [-0.4, -0.2) is 16.0 Å². The van der Waals surface area contributed by atoms with Crippen LogP contribution >= 0.6 is 35.6 Å². The van der Waals surface area contributed by atoms with Gasteiger partial charge in [-0.2, -0.15) is 0 Å². The second-order valence-corrected chi connectivity index (χ2v) is 5.91. The molecule has 0 aliphatic carbocycles. The minimum absolute atomic E-state index is 0. The molecule has 0 saturated carbocycles. The van der Waals surface area contributed by atoms with E-state index in [0.29, 0.717) is 18.1 Å². The first-order chi connectivity index (χ1) is 10.1. The summed E-state index contributed by atoms with van der Waals surface area (Å²) in [5.41, 5.74) is 3.04. The molecule has 0 fully saturated rings. The van der Waals surface area contributed by atoms with Gasteiger partial charge in [0, 0.05) is 19.6 Å². The van der Waals surface area contributed by atoms with Gasteiger partial charge in [0.15, 0.2) is 0 Å². The van der Waals surface area contributed by atoms with Crippen LogP contribution < -0.4 is 0 Å². The van der Waals surface area contributed by atoms with Gasteiger partial charge in [0.25, 0.3) is 0 Å². The molecule has 1 N–H and O–H groups in total. The Morgan fingerprint density at radius 3 is 2.50 bits per heavy atom. The summed E-state index contributed by atoms with van der Waals surface area (Å²) in [4.78, 5) is 13.6. The molecule has 0 unspecified atom stereocenters. The van der Waals surface area contributed by atoms with Crippen LogP contribution in [0.4, 0.5) is 0 Å². The molecule has 116 valence electrons. The van der Waals surface area contributed by atoms with Gasteiger partial charge in [-0.25, -0.2) is 4.79 Å². The summed E-state index contributed by atoms with van der Waals surface area (Å²) in [5.74, 6) is -1.03. The molecule has 0 aromatic heterocycles. The number of aromatic carboxylic acids is 1. The third-order valence-electron chi connectivity index (χ3n) is 3.66. The van der Waals surface area contributed by atoms with E-state index >= 15 is 0 Å². The minimum atomic E-state index is -1.03. The average Bonchev–Trinajstić information content (AvgIpc) is 2.82. The van der Waals surface area contributed by atoms with Crippen LogP contribution in [0.2, 0.25) is 10.0 Å². The van der Waals surface area contributed by atoms with Crippen molar-refractivity contribution in [2.75, 3.05) is 0 Å². The zero-order valence-corrected chi connectivity index (χ0v) is 13.9. The highest BCUT2D eigenvalue weighted by Gasteiger charge is 2.28. The first-order valence-electron chi connectivity index (χ1n) is 6.55. The molecule has 6 heteroatoms. The maximum absolute atomic E-state index is 11.4. The van der Waals surface area contributed by atoms with Gasteiger partial charge in [-0.3, -0.25) is 4.90 Å². The van der Waals surface area contributed by atoms with Gasteiger partial charge < -0.3 is 5.11 Å². The molecular formula is C16H14Cl3NO2. The fourth-order valence-electron chi connectivity index (χ4n) is 2.73. The summed E-state index contributed by atoms with van der Waals surface area (Å²) in [7, 11) is 0. The topological polar surface area (TPSA) is 40.5 Å². The molecule has 0 atom stereocenters. The summed E-state index contributed by atoms with van der Waals surface area (Å²) in [6.07, 6.45) is 0. The molecule has 0 spiro atoms. The largest absolute Gasteiger partial charge is 0.478 e. The molecule has 0 radical (unpaired) electrons. The Kier molecular flexibility index (Phi) is 5.35. The second kappa shape index (κ2) is 6.88. The van der Waals surface area contributed by atoms with Crippen LogP contribution in [0.1, 0.15) is 27.0 Å². The monoisotopic (exact) mass is 357 g/mol. The Bertz CT molecular complexity index is 704. The van der Waals surface area contributed by atoms with Gasteiger partial charge in [0.1, 0.15) is 0 Å². The van der Waals surface area contributed by atoms with Gasteiger partial charge >= 0.3 is 5.97 Å². The quantitative estimate of drug-likeness (QED) is 0.869. The van der Waals surface area contributed by atoms with Crippen molar-refractivity contribution in [2.45, 2.75) is 19.6 Å². The van der Waals surface area contributed by atoms with Crippen LogP contribution in [-0.2, 0) is 19.6 Å². The average molecular weight is 359 g/mol. The van der Waals surface area contributed by atoms with Crippen molar-refractivity contribution in [3.63, 3.8) is 0 Å². The summed E-state index contributed by atoms with van der Waals surface area (Å²) in [6.45, 7) is 2.02. The molecular weight excluding hydrogens is 345 g/mol. The van der Waals surface area contributed by atoms with E-state index in [-0.39, 0.29) is 23.0 Å². The van der Waals surface area contributed by atoms with Gasteiger partial charge in [-0.15, -0.1) is 12.4 Å². The molecule has 1 aliphatic rings. The number of fused-ring (bicyclic) bond motifs is 1. The van der Waals surface area contributed by atoms with E-state index < -0.39 is 5.97 Å². The third kappa shape index (κ3) is 3.23. The Hall–Kier alpha value is -1.26. The summed E-state index contributed by atoms with van der Waals surface area (Å²) in [5, 5.41) is 9.80. The predicted octanol–water partition coefficient (Wildman–Crippen LogP) is 4.63. The molecule has 2 aromatic carbocycles. The summed E-state index contributed by atoms with van der Waals surface area (Å²) >= 11 is 12.1. The standard InChI is InChI=1S/C16H13Cl2NO2.ClH/c17-13-6-11-8-19(7-10-4-2-1-3-5-10)9-12(11)14(15(13)18)16(20)21;/h1-6H,7-9H2,(H,20,21);1H. The molecule has 0 bridgehead atoms. The van der Waals surface area contributed by atoms with Crippen LogP contribution in [0.5, 0.6) is 0 Å². The van der Waals surface area contributed by atoms with Crippen LogP contribution in [0, 0.1) is 0 Å². The maximum Gasteiger partial charge on any atom is 0.337 e. The highest BCUT2D eigenvalue weighted by Crippen LogP contribution is 2.36. The zero-order chi connectivity index (χ0) is 15.0. The highest BCUT2D eigenvalue weighted by atomic mass is 35.5. The molecule has 0 saturated heterocycles. The molecule has 3 nitrogen and oxygen atoms in total. The highest BCUT2D eigenvalue weighted by molar-refractivity contribution is 6.43. The van der Waals surface area contributed by atoms with Crippen LogP contribution in [0.15, 0.2) is 36.4 Å². The second-order valence-electron chi connectivity index (χ2n) is 5.12. The van der Waals surface area contributed by atoms with E-state index in [1.54, 1.807) is 6.07 Å². The van der Waals surface area contributed by atoms with Crippen molar-refractivity contribution in [1.29, 1.82) is 0 Å². The minimum Gasteiger partial charge on any atom is -0.478 e. The number of halogens is 3. The normalized spacial score (nSPS) is 13.5. The Labute approximate surface area is 144 Å². The Balaban J connectivity index is 0.00000176. The maximum atomic E-state index is 11.4. The summed E-state index contributed by atoms with van der Waals surface area (Å²) in [6, 6.07) is 11.9. The molecule has 22 heavy (non-hydrogen) atoms. The fourth-order valence-corrected chi connectivity index (χ4v) is 3.21. The Morgan fingerprint density at radius 2 is 1.86 bits per heavy atom. The van der Waals surface area contributed by atoms with E-state index in [4.69, 9.17) is 23.2 Å². The van der Waals surface area contributed by atoms with Crippen molar-refractivity contribution < 1.29 is 9.90 Å². The molecule has 2 aromatic rings. The number of carboxylic acids is 1. The first-order valence-corrected chi connectivity index (χ1v) is 7.31. The van der Waals surface area contributed by atoms with Gasteiger partial charge in [0.05, 0.1) is 15.6 Å². The van der Waals surface area contributed by atoms with E-state index in [1.165, 1.54) is 5.56 Å². The van der Waals surface area contributed by atoms with Gasteiger partial charge in [-0.05, 0) is 22.8 Å². The smallest absolute Gasteiger partial charge is 0.337 e. The number of nitrogens with zero attached hydrogens (tertiary/aromatic N) is 1. The fraction of sp³-hybridized carbons (Fsp3) is 0.188. The lowest BCUT2D eigenvalue weighted by Crippen LogP contribution is -2.16. The SMILES string of the molecule is Cl.O=C(O)c1c(Cl)c(Cl)cc2c1CN(Cc1ccccc1)C2. The Morgan fingerprint density at radius 1 is 1.18 bits per heavy atom. The van der Waals surface area contributed by atoms with Gasteiger partial charge in [0.2, 0.25) is 0 Å². The van der Waals surface area contributed by atoms with Crippen molar-refractivity contribution in [3.8, 4) is 0 Å². The third-order valence-corrected chi connectivity index (χ3v) is 4.45. The number of hydrogen-bond acceptors (Lipinski definition) is 2. The molecule has 0 amide bonds. The summed E-state index contributed by atoms with van der Waals surface area (Å²) < 4.78 is 0. The van der Waals surface area contributed by atoms with E-state index in [0.717, 1.165) is 17.7 Å². The lowest BCUT2D eigenvalue weighted by Gasteiger charge is -2.14. The number of carbonyl (C=O) groups is 1. The predicted molar refractivity (Wildman–Crippen MR) is 90.1 cm³/mol. The molecule has 1 aliphatic heterocycles. The van der Waals surface area contributed by atoms with Crippen LogP contribution in [0.25, 0.3) is 0 Å². The zero-order valence-electron chi connectivity index (χ0n) is 11.6. The molecule has 1 heterocycles. The molecule has 3 rings (SSSR count). The van der Waals surface area contributed by atoms with Crippen molar-refractivity contribution in [1.82, 2.24) is 4.90 Å². The van der Waals surface area contributed by atoms with E-state index in [1.807, 2.05) is 18.2 Å². The first kappa shape index (κ1) is 17.1. The lowest BCUT2D eigenvalue weighted by molar-refractivity contribution is 0.0695.